The summed E-state index contributed by atoms with van der Waals surface area (Å²) in [5.41, 5.74) is 3.73. The first-order valence-electron chi connectivity index (χ1n) is 6.17. The zero-order valence-corrected chi connectivity index (χ0v) is 12.2. The van der Waals surface area contributed by atoms with Crippen LogP contribution in [-0.2, 0) is 0 Å². The minimum Gasteiger partial charge on any atom is -0.397 e. The first kappa shape index (κ1) is 14.0. The lowest BCUT2D eigenvalue weighted by Crippen LogP contribution is -2.29. The molecule has 92 valence electrons. The zero-order chi connectivity index (χ0) is 12.2. The maximum absolute atomic E-state index is 7.57. The molecule has 0 aliphatic heterocycles. The van der Waals surface area contributed by atoms with Crippen molar-refractivity contribution in [1.82, 2.24) is 0 Å². The second kappa shape index (κ2) is 6.02. The molecule has 0 aromatic carbocycles. The molecule has 1 fully saturated rings. The van der Waals surface area contributed by atoms with Crippen LogP contribution in [0.15, 0.2) is 22.2 Å². The topological polar surface area (TPSA) is 20.2 Å². The molecule has 2 aliphatic carbocycles. The predicted octanol–water partition coefficient (Wildman–Crippen LogP) is 4.42. The normalized spacial score (nSPS) is 35.2. The van der Waals surface area contributed by atoms with Crippen LogP contribution < -0.4 is 0 Å². The van der Waals surface area contributed by atoms with Crippen molar-refractivity contribution in [3.05, 3.63) is 22.2 Å². The van der Waals surface area contributed by atoms with E-state index < -0.39 is 0 Å². The van der Waals surface area contributed by atoms with E-state index in [9.17, 15) is 0 Å². The summed E-state index contributed by atoms with van der Waals surface area (Å²) in [5, 5.41) is 7.57. The van der Waals surface area contributed by atoms with Crippen LogP contribution in [0.25, 0.3) is 0 Å². The zero-order valence-electron chi connectivity index (χ0n) is 10.6. The van der Waals surface area contributed by atoms with Crippen molar-refractivity contribution in [2.24, 2.45) is 11.3 Å². The van der Waals surface area contributed by atoms with Gasteiger partial charge in [0.2, 0.25) is 0 Å². The third-order valence-corrected chi connectivity index (χ3v) is 4.67. The molecule has 0 aromatic rings. The van der Waals surface area contributed by atoms with Gasteiger partial charge in [-0.2, -0.15) is 0 Å². The Bertz CT molecular complexity index is 293. The Morgan fingerprint density at radius 1 is 1.62 bits per heavy atom. The SMILES string of the molecule is CC1=CCC2/C(=C/Br)CCCC12C.CCO. The largest absolute Gasteiger partial charge is 0.397 e. The molecule has 2 heteroatoms. The molecule has 2 atom stereocenters. The molecule has 0 aromatic heterocycles. The van der Waals surface area contributed by atoms with Gasteiger partial charge in [0, 0.05) is 6.61 Å². The highest BCUT2D eigenvalue weighted by atomic mass is 79.9. The van der Waals surface area contributed by atoms with Gasteiger partial charge in [-0.1, -0.05) is 40.1 Å². The number of hydrogen-bond donors (Lipinski definition) is 1. The van der Waals surface area contributed by atoms with Crippen molar-refractivity contribution in [3.8, 4) is 0 Å². The van der Waals surface area contributed by atoms with E-state index in [-0.39, 0.29) is 6.61 Å². The fourth-order valence-corrected chi connectivity index (χ4v) is 3.51. The lowest BCUT2D eigenvalue weighted by molar-refractivity contribution is 0.235. The molecule has 1 saturated carbocycles. The van der Waals surface area contributed by atoms with E-state index in [1.807, 2.05) is 0 Å². The van der Waals surface area contributed by atoms with E-state index in [1.165, 1.54) is 25.7 Å². The van der Waals surface area contributed by atoms with Crippen molar-refractivity contribution in [1.29, 1.82) is 0 Å². The smallest absolute Gasteiger partial charge is 0.0402 e. The number of halogens is 1. The third-order valence-electron chi connectivity index (χ3n) is 4.08. The Balaban J connectivity index is 0.000000386. The van der Waals surface area contributed by atoms with E-state index >= 15 is 0 Å². The van der Waals surface area contributed by atoms with Gasteiger partial charge < -0.3 is 5.11 Å². The Morgan fingerprint density at radius 2 is 2.25 bits per heavy atom. The average molecular weight is 287 g/mol. The minimum atomic E-state index is 0.250. The Kier molecular flexibility index (Phi) is 5.26. The van der Waals surface area contributed by atoms with E-state index in [0.717, 1.165) is 5.92 Å². The standard InChI is InChI=1S/C12H17Br.C2H6O/c1-9-5-6-11-10(8-13)4-3-7-12(9,11)2;1-2-3/h5,8,11H,3-4,6-7H2,1-2H3;3H,2H2,1H3/b10-8+;. The summed E-state index contributed by atoms with van der Waals surface area (Å²) in [6.45, 7) is 6.67. The molecule has 0 spiro atoms. The lowest BCUT2D eigenvalue weighted by atomic mass is 9.65. The van der Waals surface area contributed by atoms with Crippen LogP contribution in [0, 0.1) is 11.3 Å². The number of aliphatic hydroxyl groups excluding tert-OH is 1. The van der Waals surface area contributed by atoms with Crippen molar-refractivity contribution in [2.45, 2.75) is 46.5 Å². The molecular weight excluding hydrogens is 264 g/mol. The quantitative estimate of drug-likeness (QED) is 0.654. The lowest BCUT2D eigenvalue weighted by Gasteiger charge is -2.39. The van der Waals surface area contributed by atoms with Gasteiger partial charge in [0.15, 0.2) is 0 Å². The van der Waals surface area contributed by atoms with E-state index in [2.05, 4.69) is 40.8 Å². The second-order valence-corrected chi connectivity index (χ2v) is 5.40. The monoisotopic (exact) mass is 286 g/mol. The maximum Gasteiger partial charge on any atom is 0.0402 e. The maximum atomic E-state index is 7.57. The first-order valence-corrected chi connectivity index (χ1v) is 7.09. The molecule has 1 N–H and O–H groups in total. The molecule has 16 heavy (non-hydrogen) atoms. The predicted molar refractivity (Wildman–Crippen MR) is 73.6 cm³/mol. The molecule has 1 nitrogen and oxygen atoms in total. The fraction of sp³-hybridized carbons (Fsp3) is 0.714. The van der Waals surface area contributed by atoms with E-state index in [4.69, 9.17) is 5.11 Å². The number of fused-ring (bicyclic) bond motifs is 1. The molecule has 0 radical (unpaired) electrons. The molecule has 2 rings (SSSR count). The summed E-state index contributed by atoms with van der Waals surface area (Å²) < 4.78 is 0. The van der Waals surface area contributed by atoms with Crippen LogP contribution >= 0.6 is 15.9 Å². The summed E-state index contributed by atoms with van der Waals surface area (Å²) in [4.78, 5) is 2.17. The minimum absolute atomic E-state index is 0.250. The number of aliphatic hydroxyl groups is 1. The van der Waals surface area contributed by atoms with E-state index in [0.29, 0.717) is 5.41 Å². The van der Waals surface area contributed by atoms with Crippen LogP contribution in [0.1, 0.15) is 46.5 Å². The molecule has 0 saturated heterocycles. The van der Waals surface area contributed by atoms with Crippen LogP contribution in [0.2, 0.25) is 0 Å². The van der Waals surface area contributed by atoms with Crippen molar-refractivity contribution in [3.63, 3.8) is 0 Å². The Hall–Kier alpha value is -0.0800. The van der Waals surface area contributed by atoms with Crippen molar-refractivity contribution >= 4 is 15.9 Å². The first-order chi connectivity index (χ1) is 7.60. The third kappa shape index (κ3) is 2.60. The molecule has 0 bridgehead atoms. The van der Waals surface area contributed by atoms with Gasteiger partial charge in [-0.05, 0) is 55.8 Å². The van der Waals surface area contributed by atoms with Gasteiger partial charge in [0.1, 0.15) is 0 Å². The second-order valence-electron chi connectivity index (χ2n) is 4.95. The van der Waals surface area contributed by atoms with Gasteiger partial charge in [0.05, 0.1) is 0 Å². The molecule has 0 heterocycles. The summed E-state index contributed by atoms with van der Waals surface area (Å²) in [6.07, 6.45) is 7.73. The molecule has 2 aliphatic rings. The molecular formula is C14H23BrO. The number of allylic oxidation sites excluding steroid dienone is 3. The van der Waals surface area contributed by atoms with Gasteiger partial charge >= 0.3 is 0 Å². The van der Waals surface area contributed by atoms with Gasteiger partial charge in [0.25, 0.3) is 0 Å². The van der Waals surface area contributed by atoms with Gasteiger partial charge in [-0.3, -0.25) is 0 Å². The number of hydrogen-bond acceptors (Lipinski definition) is 1. The van der Waals surface area contributed by atoms with Crippen LogP contribution in [0.3, 0.4) is 0 Å². The average Bonchev–Trinajstić information content (AvgIpc) is 2.56. The molecule has 0 amide bonds. The summed E-state index contributed by atoms with van der Waals surface area (Å²) in [6, 6.07) is 0. The highest BCUT2D eigenvalue weighted by molar-refractivity contribution is 9.11. The fourth-order valence-electron chi connectivity index (χ4n) is 2.96. The highest BCUT2D eigenvalue weighted by Crippen LogP contribution is 2.54. The number of rotatable bonds is 0. The summed E-state index contributed by atoms with van der Waals surface area (Å²) in [7, 11) is 0. The van der Waals surface area contributed by atoms with Crippen molar-refractivity contribution < 1.29 is 5.11 Å². The van der Waals surface area contributed by atoms with Crippen molar-refractivity contribution in [2.75, 3.05) is 6.61 Å². The van der Waals surface area contributed by atoms with E-state index in [1.54, 1.807) is 18.1 Å². The summed E-state index contributed by atoms with van der Waals surface area (Å²) in [5.74, 6) is 0.792. The summed E-state index contributed by atoms with van der Waals surface area (Å²) >= 11 is 3.51. The highest BCUT2D eigenvalue weighted by Gasteiger charge is 2.42. The van der Waals surface area contributed by atoms with Gasteiger partial charge in [-0.15, -0.1) is 0 Å². The van der Waals surface area contributed by atoms with Gasteiger partial charge in [-0.25, -0.2) is 0 Å². The molecule has 2 unspecified atom stereocenters. The van der Waals surface area contributed by atoms with Crippen LogP contribution in [0.5, 0.6) is 0 Å². The Labute approximate surface area is 108 Å². The van der Waals surface area contributed by atoms with Crippen LogP contribution in [-0.4, -0.2) is 11.7 Å². The Morgan fingerprint density at radius 3 is 2.81 bits per heavy atom. The van der Waals surface area contributed by atoms with Crippen LogP contribution in [0.4, 0.5) is 0 Å².